The Morgan fingerprint density at radius 2 is 1.69 bits per heavy atom. The number of nitrogens with two attached hydrogens (primary N) is 4. The summed E-state index contributed by atoms with van der Waals surface area (Å²) in [7, 11) is 0. The number of aliphatic imine (C=N–C) groups is 1. The number of aliphatic carboxylic acids is 1. The summed E-state index contributed by atoms with van der Waals surface area (Å²) >= 11 is 0. The lowest BCUT2D eigenvalue weighted by atomic mass is 9.96. The normalized spacial score (nSPS) is 14.6. The lowest BCUT2D eigenvalue weighted by molar-refractivity contribution is -0.143. The zero-order valence-corrected chi connectivity index (χ0v) is 22.2. The Morgan fingerprint density at radius 1 is 1.03 bits per heavy atom. The Kier molecular flexibility index (Phi) is 14.0. The molecule has 0 radical (unpaired) electrons. The Bertz CT molecular complexity index is 996. The molecular formula is C23H40N10O6. The van der Waals surface area contributed by atoms with Crippen molar-refractivity contribution in [2.45, 2.75) is 76.5 Å². The van der Waals surface area contributed by atoms with Crippen molar-refractivity contribution >= 4 is 35.6 Å². The number of carbonyl (C=O) groups is 5. The molecule has 16 nitrogen and oxygen atoms in total. The molecule has 5 atom stereocenters. The van der Waals surface area contributed by atoms with Gasteiger partial charge >= 0.3 is 5.97 Å². The van der Waals surface area contributed by atoms with Crippen LogP contribution >= 0.6 is 0 Å². The first kappa shape index (κ1) is 32.8. The highest BCUT2D eigenvalue weighted by Crippen LogP contribution is 2.11. The smallest absolute Gasteiger partial charge is 0.326 e. The second kappa shape index (κ2) is 16.6. The highest BCUT2D eigenvalue weighted by Gasteiger charge is 2.33. The molecule has 0 aromatic carbocycles. The van der Waals surface area contributed by atoms with Crippen LogP contribution in [0.3, 0.4) is 0 Å². The molecule has 0 aliphatic carbocycles. The molecule has 0 saturated heterocycles. The molecule has 0 saturated carbocycles. The molecule has 218 valence electrons. The summed E-state index contributed by atoms with van der Waals surface area (Å²) in [5, 5.41) is 17.0. The lowest BCUT2D eigenvalue weighted by Crippen LogP contribution is -2.59. The van der Waals surface area contributed by atoms with E-state index in [9.17, 15) is 29.1 Å². The molecule has 0 aliphatic heterocycles. The van der Waals surface area contributed by atoms with Gasteiger partial charge in [-0.05, 0) is 25.2 Å². The summed E-state index contributed by atoms with van der Waals surface area (Å²) < 4.78 is 0. The molecule has 1 aromatic heterocycles. The van der Waals surface area contributed by atoms with E-state index in [1.54, 1.807) is 13.8 Å². The minimum atomic E-state index is -1.38. The van der Waals surface area contributed by atoms with Crippen molar-refractivity contribution in [1.82, 2.24) is 25.9 Å². The van der Waals surface area contributed by atoms with Crippen LogP contribution in [-0.2, 0) is 30.4 Å². The molecule has 39 heavy (non-hydrogen) atoms. The van der Waals surface area contributed by atoms with Gasteiger partial charge in [-0.3, -0.25) is 24.2 Å². The van der Waals surface area contributed by atoms with Crippen LogP contribution in [0.1, 0.15) is 51.6 Å². The fourth-order valence-corrected chi connectivity index (χ4v) is 3.52. The molecule has 0 fully saturated rings. The van der Waals surface area contributed by atoms with Crippen LogP contribution in [0.15, 0.2) is 17.5 Å². The summed E-state index contributed by atoms with van der Waals surface area (Å²) in [4.78, 5) is 72.4. The van der Waals surface area contributed by atoms with Gasteiger partial charge in [0.25, 0.3) is 0 Å². The quantitative estimate of drug-likeness (QED) is 0.0511. The van der Waals surface area contributed by atoms with Crippen LogP contribution < -0.4 is 38.9 Å². The fourth-order valence-electron chi connectivity index (χ4n) is 3.52. The van der Waals surface area contributed by atoms with Gasteiger partial charge in [0.15, 0.2) is 5.96 Å². The van der Waals surface area contributed by atoms with E-state index in [-0.39, 0.29) is 38.2 Å². The maximum absolute atomic E-state index is 13.3. The number of hydrogen-bond acceptors (Lipinski definition) is 8. The van der Waals surface area contributed by atoms with Gasteiger partial charge in [-0.1, -0.05) is 20.3 Å². The van der Waals surface area contributed by atoms with Gasteiger partial charge in [0, 0.05) is 31.3 Å². The number of rotatable bonds is 18. The average molecular weight is 553 g/mol. The molecule has 16 heteroatoms. The predicted octanol–water partition coefficient (Wildman–Crippen LogP) is -2.82. The van der Waals surface area contributed by atoms with Crippen LogP contribution in [0, 0.1) is 5.92 Å². The number of carbonyl (C=O) groups excluding carboxylic acids is 4. The van der Waals surface area contributed by atoms with Crippen LogP contribution in [0.2, 0.25) is 0 Å². The number of aromatic nitrogens is 2. The second-order valence-electron chi connectivity index (χ2n) is 9.17. The average Bonchev–Trinajstić information content (AvgIpc) is 3.38. The first-order chi connectivity index (χ1) is 18.3. The highest BCUT2D eigenvalue weighted by molar-refractivity contribution is 5.94. The zero-order chi connectivity index (χ0) is 29.5. The molecule has 13 N–H and O–H groups in total. The molecule has 1 heterocycles. The van der Waals surface area contributed by atoms with E-state index in [2.05, 4.69) is 30.9 Å². The first-order valence-electron chi connectivity index (χ1n) is 12.6. The minimum Gasteiger partial charge on any atom is -0.480 e. The number of primary amides is 1. The zero-order valence-electron chi connectivity index (χ0n) is 22.2. The van der Waals surface area contributed by atoms with Crippen molar-refractivity contribution in [2.75, 3.05) is 6.54 Å². The summed E-state index contributed by atoms with van der Waals surface area (Å²) in [5.74, 6) is -4.58. The number of nitrogens with one attached hydrogen (secondary N) is 4. The number of amides is 4. The predicted molar refractivity (Wildman–Crippen MR) is 141 cm³/mol. The first-order valence-corrected chi connectivity index (χ1v) is 12.6. The van der Waals surface area contributed by atoms with Crippen molar-refractivity contribution < 1.29 is 29.1 Å². The number of nitrogens with zero attached hydrogens (tertiary/aromatic N) is 2. The van der Waals surface area contributed by atoms with E-state index < -0.39 is 59.7 Å². The maximum Gasteiger partial charge on any atom is 0.326 e. The lowest BCUT2D eigenvalue weighted by Gasteiger charge is -2.28. The van der Waals surface area contributed by atoms with E-state index in [0.717, 1.165) is 0 Å². The molecule has 1 rings (SSSR count). The van der Waals surface area contributed by atoms with E-state index >= 15 is 0 Å². The van der Waals surface area contributed by atoms with Crippen LogP contribution in [0.4, 0.5) is 0 Å². The van der Waals surface area contributed by atoms with Crippen LogP contribution in [0.25, 0.3) is 0 Å². The number of hydrogen-bond donors (Lipinski definition) is 9. The van der Waals surface area contributed by atoms with Gasteiger partial charge in [-0.2, -0.15) is 0 Å². The fraction of sp³-hybridized carbons (Fsp3) is 0.609. The summed E-state index contributed by atoms with van der Waals surface area (Å²) in [6, 6.07) is -4.60. The summed E-state index contributed by atoms with van der Waals surface area (Å²) in [5.41, 5.74) is 22.2. The Labute approximate surface area is 226 Å². The summed E-state index contributed by atoms with van der Waals surface area (Å²) in [6.07, 6.45) is 3.60. The van der Waals surface area contributed by atoms with Crippen LogP contribution in [-0.4, -0.2) is 81.3 Å². The Morgan fingerprint density at radius 3 is 2.23 bits per heavy atom. The molecule has 0 aliphatic rings. The van der Waals surface area contributed by atoms with Gasteiger partial charge in [-0.15, -0.1) is 0 Å². The molecule has 0 spiro atoms. The molecular weight excluding hydrogens is 512 g/mol. The highest BCUT2D eigenvalue weighted by atomic mass is 16.4. The third-order valence-electron chi connectivity index (χ3n) is 6.00. The van der Waals surface area contributed by atoms with Crippen molar-refractivity contribution in [1.29, 1.82) is 0 Å². The van der Waals surface area contributed by atoms with Gasteiger partial charge in [0.2, 0.25) is 23.6 Å². The van der Waals surface area contributed by atoms with Crippen molar-refractivity contribution in [3.63, 3.8) is 0 Å². The van der Waals surface area contributed by atoms with Crippen molar-refractivity contribution in [2.24, 2.45) is 33.8 Å². The van der Waals surface area contributed by atoms with Gasteiger partial charge in [0.05, 0.1) is 12.4 Å². The third kappa shape index (κ3) is 12.3. The number of H-pyrrole nitrogens is 1. The Balaban J connectivity index is 3.02. The Hall–Kier alpha value is -4.21. The van der Waals surface area contributed by atoms with E-state index in [4.69, 9.17) is 22.9 Å². The van der Waals surface area contributed by atoms with E-state index in [0.29, 0.717) is 18.5 Å². The van der Waals surface area contributed by atoms with Crippen LogP contribution in [0.5, 0.6) is 0 Å². The maximum atomic E-state index is 13.3. The minimum absolute atomic E-state index is 0.0174. The van der Waals surface area contributed by atoms with E-state index in [1.807, 2.05) is 0 Å². The monoisotopic (exact) mass is 552 g/mol. The van der Waals surface area contributed by atoms with E-state index in [1.165, 1.54) is 12.5 Å². The molecule has 1 aromatic rings. The molecule has 4 amide bonds. The third-order valence-corrected chi connectivity index (χ3v) is 6.00. The molecule has 5 unspecified atom stereocenters. The summed E-state index contributed by atoms with van der Waals surface area (Å²) in [6.45, 7) is 3.78. The van der Waals surface area contributed by atoms with Gasteiger partial charge < -0.3 is 49.0 Å². The number of carboxylic acids is 1. The number of imidazole rings is 1. The van der Waals surface area contributed by atoms with Crippen molar-refractivity contribution in [3.8, 4) is 0 Å². The SMILES string of the molecule is CCC(C)C(NC(=O)C(Cc1cnc[nH]1)NC(=O)C(N)CCCN=C(N)N)C(=O)NC(CCC(N)=O)C(=O)O. The second-order valence-corrected chi connectivity index (χ2v) is 9.17. The van der Waals surface area contributed by atoms with Crippen molar-refractivity contribution in [3.05, 3.63) is 18.2 Å². The van der Waals surface area contributed by atoms with Gasteiger partial charge in [0.1, 0.15) is 18.1 Å². The topological polar surface area (TPSA) is 287 Å². The van der Waals surface area contributed by atoms with Gasteiger partial charge in [-0.25, -0.2) is 9.78 Å². The largest absolute Gasteiger partial charge is 0.480 e. The number of aromatic amines is 1. The molecule has 0 bridgehead atoms. The standard InChI is InChI=1S/C23H40N10O6/c1-3-12(2)18(21(37)31-15(22(38)39)6-7-17(25)34)33-20(36)16(9-13-10-28-11-30-13)32-19(35)14(24)5-4-8-29-23(26)27/h10-12,14-16,18H,3-9,24H2,1-2H3,(H2,25,34)(H,28,30)(H,31,37)(H,32,35)(H,33,36)(H,38,39)(H4,26,27,29). The number of carboxylic acid groups (broad SMARTS) is 1. The number of guanidine groups is 1.